The first-order valence-corrected chi connectivity index (χ1v) is 12.5. The molecule has 2 aromatic carbocycles. The Bertz CT molecular complexity index is 1170. The molecule has 170 valence electrons. The van der Waals surface area contributed by atoms with Crippen LogP contribution >= 0.6 is 11.3 Å². The number of benzene rings is 2. The number of carbonyl (C=O) groups excluding carboxylic acids is 1. The molecule has 0 atom stereocenters. The van der Waals surface area contributed by atoms with Gasteiger partial charge in [0.25, 0.3) is 5.91 Å². The molecular weight excluding hydrogens is 446 g/mol. The van der Waals surface area contributed by atoms with Crippen LogP contribution in [0.5, 0.6) is 5.75 Å². The number of methoxy groups -OCH3 is 1. The van der Waals surface area contributed by atoms with Gasteiger partial charge in [0.05, 0.1) is 17.7 Å². The van der Waals surface area contributed by atoms with E-state index in [1.807, 2.05) is 38.1 Å². The summed E-state index contributed by atoms with van der Waals surface area (Å²) in [6.45, 7) is 4.42. The Labute approximate surface area is 193 Å². The second-order valence-corrected chi connectivity index (χ2v) is 10.6. The number of aryl methyl sites for hydroxylation is 1. The van der Waals surface area contributed by atoms with E-state index in [2.05, 4.69) is 10.3 Å². The van der Waals surface area contributed by atoms with E-state index in [9.17, 15) is 13.2 Å². The molecule has 3 rings (SSSR count). The van der Waals surface area contributed by atoms with E-state index in [1.165, 1.54) is 39.9 Å². The number of anilines is 1. The molecule has 3 aromatic rings. The minimum absolute atomic E-state index is 0.166. The van der Waals surface area contributed by atoms with Crippen LogP contribution in [0, 0.1) is 6.92 Å². The van der Waals surface area contributed by atoms with Crippen LogP contribution in [0.3, 0.4) is 0 Å². The lowest BCUT2D eigenvalue weighted by Gasteiger charge is -2.16. The standard InChI is InChI=1S/C23H27N3O4S2/c1-5-6-15-26(3)32(28,29)20-13-9-18(10-14-20)22(27)25-23-24-21(16(2)31-23)17-7-11-19(30-4)12-8-17/h7-14H,5-6,15H2,1-4H3,(H,24,25,27). The first kappa shape index (κ1) is 23.9. The topological polar surface area (TPSA) is 88.6 Å². The number of amides is 1. The van der Waals surface area contributed by atoms with Crippen LogP contribution < -0.4 is 10.1 Å². The van der Waals surface area contributed by atoms with Crippen molar-refractivity contribution in [1.29, 1.82) is 0 Å². The summed E-state index contributed by atoms with van der Waals surface area (Å²) in [5.74, 6) is 0.417. The number of thiazole rings is 1. The molecule has 0 aliphatic carbocycles. The molecule has 0 fully saturated rings. The highest BCUT2D eigenvalue weighted by Gasteiger charge is 2.21. The third-order valence-corrected chi connectivity index (χ3v) is 7.79. The molecule has 32 heavy (non-hydrogen) atoms. The molecular formula is C23H27N3O4S2. The number of hydrogen-bond acceptors (Lipinski definition) is 6. The molecule has 9 heteroatoms. The van der Waals surface area contributed by atoms with E-state index >= 15 is 0 Å². The van der Waals surface area contributed by atoms with Gasteiger partial charge in [-0.15, -0.1) is 11.3 Å². The fraction of sp³-hybridized carbons (Fsp3) is 0.304. The first-order valence-electron chi connectivity index (χ1n) is 10.3. The number of carbonyl (C=O) groups is 1. The van der Waals surface area contributed by atoms with Gasteiger partial charge in [-0.25, -0.2) is 17.7 Å². The summed E-state index contributed by atoms with van der Waals surface area (Å²) in [4.78, 5) is 18.4. The summed E-state index contributed by atoms with van der Waals surface area (Å²) in [5.41, 5.74) is 2.09. The molecule has 1 aromatic heterocycles. The zero-order valence-corrected chi connectivity index (χ0v) is 20.2. The summed E-state index contributed by atoms with van der Waals surface area (Å²) in [5, 5.41) is 3.29. The van der Waals surface area contributed by atoms with Gasteiger partial charge in [-0.3, -0.25) is 10.1 Å². The lowest BCUT2D eigenvalue weighted by molar-refractivity contribution is 0.102. The van der Waals surface area contributed by atoms with Crippen molar-refractivity contribution < 1.29 is 17.9 Å². The number of hydrogen-bond donors (Lipinski definition) is 1. The Morgan fingerprint density at radius 3 is 2.38 bits per heavy atom. The van der Waals surface area contributed by atoms with Gasteiger partial charge in [0.1, 0.15) is 5.75 Å². The fourth-order valence-electron chi connectivity index (χ4n) is 3.10. The van der Waals surface area contributed by atoms with Crippen LogP contribution in [-0.4, -0.2) is 44.3 Å². The number of nitrogens with zero attached hydrogens (tertiary/aromatic N) is 2. The Kier molecular flexibility index (Phi) is 7.65. The van der Waals surface area contributed by atoms with Crippen molar-refractivity contribution in [2.24, 2.45) is 0 Å². The number of unbranched alkanes of at least 4 members (excludes halogenated alkanes) is 1. The van der Waals surface area contributed by atoms with Gasteiger partial charge in [-0.05, 0) is 61.9 Å². The summed E-state index contributed by atoms with van der Waals surface area (Å²) >= 11 is 1.38. The van der Waals surface area contributed by atoms with Crippen molar-refractivity contribution in [1.82, 2.24) is 9.29 Å². The van der Waals surface area contributed by atoms with E-state index in [4.69, 9.17) is 4.74 Å². The predicted molar refractivity (Wildman–Crippen MR) is 128 cm³/mol. The van der Waals surface area contributed by atoms with E-state index in [1.54, 1.807) is 14.2 Å². The number of aromatic nitrogens is 1. The average molecular weight is 474 g/mol. The quantitative estimate of drug-likeness (QED) is 0.482. The van der Waals surface area contributed by atoms with Gasteiger partial charge < -0.3 is 4.74 Å². The average Bonchev–Trinajstić information content (AvgIpc) is 3.17. The number of nitrogens with one attached hydrogen (secondary N) is 1. The number of ether oxygens (including phenoxy) is 1. The summed E-state index contributed by atoms with van der Waals surface area (Å²) < 4.78 is 31.8. The minimum atomic E-state index is -3.57. The molecule has 0 bridgehead atoms. The highest BCUT2D eigenvalue weighted by molar-refractivity contribution is 7.89. The zero-order chi connectivity index (χ0) is 23.3. The molecule has 1 amide bonds. The van der Waals surface area contributed by atoms with Crippen LogP contribution in [0.15, 0.2) is 53.4 Å². The Balaban J connectivity index is 1.72. The maximum atomic E-state index is 12.7. The van der Waals surface area contributed by atoms with Crippen LogP contribution in [0.4, 0.5) is 5.13 Å². The van der Waals surface area contributed by atoms with Crippen molar-refractivity contribution in [2.75, 3.05) is 26.0 Å². The third kappa shape index (κ3) is 5.35. The Morgan fingerprint density at radius 2 is 1.78 bits per heavy atom. The highest BCUT2D eigenvalue weighted by atomic mass is 32.2. The second kappa shape index (κ2) is 10.2. The largest absolute Gasteiger partial charge is 0.497 e. The van der Waals surface area contributed by atoms with E-state index < -0.39 is 10.0 Å². The maximum absolute atomic E-state index is 12.7. The van der Waals surface area contributed by atoms with Gasteiger partial charge in [0.15, 0.2) is 5.13 Å². The predicted octanol–water partition coefficient (Wildman–Crippen LogP) is 4.80. The highest BCUT2D eigenvalue weighted by Crippen LogP contribution is 2.31. The molecule has 1 N–H and O–H groups in total. The van der Waals surface area contributed by atoms with Gasteiger partial charge in [0.2, 0.25) is 10.0 Å². The van der Waals surface area contributed by atoms with Crippen LogP contribution in [0.25, 0.3) is 11.3 Å². The maximum Gasteiger partial charge on any atom is 0.257 e. The van der Waals surface area contributed by atoms with Gasteiger partial charge in [0, 0.05) is 29.6 Å². The fourth-order valence-corrected chi connectivity index (χ4v) is 5.14. The van der Waals surface area contributed by atoms with Crippen molar-refractivity contribution in [2.45, 2.75) is 31.6 Å². The second-order valence-electron chi connectivity index (χ2n) is 7.31. The van der Waals surface area contributed by atoms with Crippen molar-refractivity contribution in [3.05, 3.63) is 59.0 Å². The minimum Gasteiger partial charge on any atom is -0.497 e. The van der Waals surface area contributed by atoms with Crippen molar-refractivity contribution in [3.63, 3.8) is 0 Å². The van der Waals surface area contributed by atoms with Gasteiger partial charge >= 0.3 is 0 Å². The zero-order valence-electron chi connectivity index (χ0n) is 18.6. The Morgan fingerprint density at radius 1 is 1.12 bits per heavy atom. The first-order chi connectivity index (χ1) is 15.3. The molecule has 0 aliphatic rings. The van der Waals surface area contributed by atoms with Crippen molar-refractivity contribution >= 4 is 32.4 Å². The normalized spacial score (nSPS) is 11.5. The summed E-state index contributed by atoms with van der Waals surface area (Å²) in [6.07, 6.45) is 1.71. The van der Waals surface area contributed by atoms with Gasteiger partial charge in [-0.1, -0.05) is 13.3 Å². The third-order valence-electron chi connectivity index (χ3n) is 5.03. The van der Waals surface area contributed by atoms with Crippen molar-refractivity contribution in [3.8, 4) is 17.0 Å². The monoisotopic (exact) mass is 473 g/mol. The number of sulfonamides is 1. The van der Waals surface area contributed by atoms with Crippen LogP contribution in [0.1, 0.15) is 35.0 Å². The van der Waals surface area contributed by atoms with E-state index in [0.29, 0.717) is 17.2 Å². The molecule has 0 unspecified atom stereocenters. The van der Waals surface area contributed by atoms with Crippen LogP contribution in [0.2, 0.25) is 0 Å². The van der Waals surface area contributed by atoms with E-state index in [0.717, 1.165) is 34.7 Å². The smallest absolute Gasteiger partial charge is 0.257 e. The summed E-state index contributed by atoms with van der Waals surface area (Å²) in [6, 6.07) is 13.5. The Hall–Kier alpha value is -2.75. The SMILES string of the molecule is CCCCN(C)S(=O)(=O)c1ccc(C(=O)Nc2nc(-c3ccc(OC)cc3)c(C)s2)cc1. The molecule has 0 spiro atoms. The van der Waals surface area contributed by atoms with Crippen LogP contribution in [-0.2, 0) is 10.0 Å². The molecule has 1 heterocycles. The molecule has 7 nitrogen and oxygen atoms in total. The molecule has 0 aliphatic heterocycles. The molecule has 0 radical (unpaired) electrons. The van der Waals surface area contributed by atoms with Gasteiger partial charge in [-0.2, -0.15) is 0 Å². The summed E-state index contributed by atoms with van der Waals surface area (Å²) in [7, 11) is -0.387. The molecule has 0 saturated carbocycles. The lowest BCUT2D eigenvalue weighted by atomic mass is 10.1. The van der Waals surface area contributed by atoms with E-state index in [-0.39, 0.29) is 10.8 Å². The number of rotatable bonds is 9. The lowest BCUT2D eigenvalue weighted by Crippen LogP contribution is -2.28. The molecule has 0 saturated heterocycles.